The van der Waals surface area contributed by atoms with Crippen molar-refractivity contribution in [2.75, 3.05) is 12.8 Å². The van der Waals surface area contributed by atoms with Gasteiger partial charge in [-0.1, -0.05) is 42.5 Å². The average molecular weight is 459 g/mol. The summed E-state index contributed by atoms with van der Waals surface area (Å²) in [6.07, 6.45) is -3.05. The molecule has 1 heterocycles. The van der Waals surface area contributed by atoms with Crippen LogP contribution in [0.2, 0.25) is 0 Å². The van der Waals surface area contributed by atoms with Crippen molar-refractivity contribution in [3.8, 4) is 11.1 Å². The third-order valence-corrected chi connectivity index (χ3v) is 6.68. The predicted octanol–water partition coefficient (Wildman–Crippen LogP) is 4.97. The van der Waals surface area contributed by atoms with E-state index >= 15 is 0 Å². The Balaban J connectivity index is 1.71. The Hall–Kier alpha value is -3.13. The molecule has 3 aromatic rings. The molecule has 0 saturated heterocycles. The Morgan fingerprint density at radius 1 is 0.938 bits per heavy atom. The molecule has 0 N–H and O–H groups in total. The molecule has 0 saturated carbocycles. The zero-order valence-electron chi connectivity index (χ0n) is 17.2. The Morgan fingerprint density at radius 2 is 1.66 bits per heavy atom. The molecule has 8 heteroatoms. The standard InChI is InChI=1S/C24H20F3NO3S/c1-32(30,31)20-9-10-21(16-5-3-2-4-6-16)22(14-20)23(29)28-12-11-17-13-19(24(25,26)27)8-7-18(17)15-28/h2-10,13-14H,11-12,15H2,1H3. The van der Waals surface area contributed by atoms with E-state index in [9.17, 15) is 26.4 Å². The van der Waals surface area contributed by atoms with Crippen molar-refractivity contribution in [1.29, 1.82) is 0 Å². The van der Waals surface area contributed by atoms with Gasteiger partial charge in [0.25, 0.3) is 5.91 Å². The first-order chi connectivity index (χ1) is 15.0. The molecule has 1 amide bonds. The van der Waals surface area contributed by atoms with E-state index in [-0.39, 0.29) is 35.9 Å². The normalized spacial score (nSPS) is 14.2. The summed E-state index contributed by atoms with van der Waals surface area (Å²) in [4.78, 5) is 15.0. The molecule has 0 bridgehead atoms. The van der Waals surface area contributed by atoms with Crippen LogP contribution in [-0.4, -0.2) is 32.0 Å². The zero-order chi connectivity index (χ0) is 23.1. The summed E-state index contributed by atoms with van der Waals surface area (Å²) in [6, 6.07) is 17.2. The molecule has 1 aliphatic rings. The highest BCUT2D eigenvalue weighted by atomic mass is 32.2. The van der Waals surface area contributed by atoms with E-state index in [0.717, 1.165) is 24.0 Å². The number of sulfone groups is 1. The number of carbonyl (C=O) groups excluding carboxylic acids is 1. The molecule has 0 radical (unpaired) electrons. The van der Waals surface area contributed by atoms with Crippen LogP contribution in [0.5, 0.6) is 0 Å². The maximum atomic E-state index is 13.5. The number of halogens is 3. The van der Waals surface area contributed by atoms with E-state index in [4.69, 9.17) is 0 Å². The molecule has 4 rings (SSSR count). The lowest BCUT2D eigenvalue weighted by molar-refractivity contribution is -0.137. The minimum absolute atomic E-state index is 0.0350. The third-order valence-electron chi connectivity index (χ3n) is 5.57. The highest BCUT2D eigenvalue weighted by molar-refractivity contribution is 7.90. The Kier molecular flexibility index (Phi) is 5.58. The van der Waals surface area contributed by atoms with E-state index < -0.39 is 21.6 Å². The average Bonchev–Trinajstić information content (AvgIpc) is 2.77. The first-order valence-corrected chi connectivity index (χ1v) is 11.8. The zero-order valence-corrected chi connectivity index (χ0v) is 18.0. The maximum absolute atomic E-state index is 13.5. The number of alkyl halides is 3. The molecule has 4 nitrogen and oxygen atoms in total. The highest BCUT2D eigenvalue weighted by Crippen LogP contribution is 2.33. The van der Waals surface area contributed by atoms with Crippen molar-refractivity contribution >= 4 is 15.7 Å². The van der Waals surface area contributed by atoms with Gasteiger partial charge in [0.2, 0.25) is 0 Å². The summed E-state index contributed by atoms with van der Waals surface area (Å²) < 4.78 is 63.2. The van der Waals surface area contributed by atoms with Gasteiger partial charge < -0.3 is 4.90 Å². The van der Waals surface area contributed by atoms with Crippen LogP contribution < -0.4 is 0 Å². The van der Waals surface area contributed by atoms with Gasteiger partial charge in [-0.15, -0.1) is 0 Å². The summed E-state index contributed by atoms with van der Waals surface area (Å²) in [5.41, 5.74) is 2.12. The largest absolute Gasteiger partial charge is 0.416 e. The number of nitrogens with zero attached hydrogens (tertiary/aromatic N) is 1. The van der Waals surface area contributed by atoms with Crippen molar-refractivity contribution in [3.63, 3.8) is 0 Å². The first kappa shape index (κ1) is 22.1. The molecule has 1 aliphatic heterocycles. The molecule has 0 aromatic heterocycles. The van der Waals surface area contributed by atoms with Gasteiger partial charge >= 0.3 is 6.18 Å². The lowest BCUT2D eigenvalue weighted by Gasteiger charge is -2.30. The van der Waals surface area contributed by atoms with Gasteiger partial charge in [-0.05, 0) is 52.9 Å². The van der Waals surface area contributed by atoms with Crippen molar-refractivity contribution in [2.45, 2.75) is 24.0 Å². The van der Waals surface area contributed by atoms with Gasteiger partial charge in [0.05, 0.1) is 10.5 Å². The number of hydrogen-bond acceptors (Lipinski definition) is 3. The van der Waals surface area contributed by atoms with Crippen molar-refractivity contribution in [1.82, 2.24) is 4.90 Å². The van der Waals surface area contributed by atoms with Crippen molar-refractivity contribution in [3.05, 3.63) is 89.0 Å². The summed E-state index contributed by atoms with van der Waals surface area (Å²) >= 11 is 0. The summed E-state index contributed by atoms with van der Waals surface area (Å²) in [7, 11) is -3.53. The highest BCUT2D eigenvalue weighted by Gasteiger charge is 2.32. The molecule has 0 spiro atoms. The summed E-state index contributed by atoms with van der Waals surface area (Å²) in [5.74, 6) is -0.361. The molecular formula is C24H20F3NO3S. The Labute approximate surface area is 184 Å². The molecule has 0 aliphatic carbocycles. The lowest BCUT2D eigenvalue weighted by Crippen LogP contribution is -2.36. The molecule has 0 fully saturated rings. The number of benzene rings is 3. The fourth-order valence-corrected chi connectivity index (χ4v) is 4.52. The molecule has 32 heavy (non-hydrogen) atoms. The monoisotopic (exact) mass is 459 g/mol. The number of hydrogen-bond donors (Lipinski definition) is 0. The summed E-state index contributed by atoms with van der Waals surface area (Å²) in [6.45, 7) is 0.397. The molecule has 0 unspecified atom stereocenters. The van der Waals surface area contributed by atoms with Crippen LogP contribution in [0, 0.1) is 0 Å². The Bertz CT molecular complexity index is 1290. The second kappa shape index (κ2) is 8.09. The van der Waals surface area contributed by atoms with Gasteiger partial charge in [0.15, 0.2) is 9.84 Å². The Morgan fingerprint density at radius 3 is 2.31 bits per heavy atom. The van der Waals surface area contributed by atoms with Crippen LogP contribution >= 0.6 is 0 Å². The first-order valence-electron chi connectivity index (χ1n) is 9.92. The second-order valence-electron chi connectivity index (χ2n) is 7.80. The van der Waals surface area contributed by atoms with E-state index in [2.05, 4.69) is 0 Å². The summed E-state index contributed by atoms with van der Waals surface area (Å²) in [5, 5.41) is 0. The van der Waals surface area contributed by atoms with Gasteiger partial charge in [-0.3, -0.25) is 4.79 Å². The molecule has 3 aromatic carbocycles. The maximum Gasteiger partial charge on any atom is 0.416 e. The molecule has 0 atom stereocenters. The van der Waals surface area contributed by atoms with Crippen LogP contribution in [0.3, 0.4) is 0 Å². The minimum Gasteiger partial charge on any atom is -0.334 e. The SMILES string of the molecule is CS(=O)(=O)c1ccc(-c2ccccc2)c(C(=O)N2CCc3cc(C(F)(F)F)ccc3C2)c1. The quantitative estimate of drug-likeness (QED) is 0.556. The van der Waals surface area contributed by atoms with Crippen LogP contribution in [-0.2, 0) is 29.0 Å². The van der Waals surface area contributed by atoms with E-state index in [1.54, 1.807) is 11.0 Å². The number of fused-ring (bicyclic) bond motifs is 1. The van der Waals surface area contributed by atoms with Crippen LogP contribution in [0.25, 0.3) is 11.1 Å². The smallest absolute Gasteiger partial charge is 0.334 e. The van der Waals surface area contributed by atoms with Crippen molar-refractivity contribution < 1.29 is 26.4 Å². The van der Waals surface area contributed by atoms with Crippen LogP contribution in [0.1, 0.15) is 27.0 Å². The van der Waals surface area contributed by atoms with E-state index in [1.807, 2.05) is 30.3 Å². The molecular weight excluding hydrogens is 439 g/mol. The fourth-order valence-electron chi connectivity index (χ4n) is 3.87. The fraction of sp³-hybridized carbons (Fsp3) is 0.208. The lowest BCUT2D eigenvalue weighted by atomic mass is 9.95. The predicted molar refractivity (Wildman–Crippen MR) is 115 cm³/mol. The van der Waals surface area contributed by atoms with Gasteiger partial charge in [0, 0.05) is 24.9 Å². The second-order valence-corrected chi connectivity index (χ2v) is 9.82. The van der Waals surface area contributed by atoms with Crippen LogP contribution in [0.4, 0.5) is 13.2 Å². The number of rotatable bonds is 3. The van der Waals surface area contributed by atoms with E-state index in [1.165, 1.54) is 18.2 Å². The third kappa shape index (κ3) is 4.41. The number of carbonyl (C=O) groups is 1. The van der Waals surface area contributed by atoms with Gasteiger partial charge in [-0.25, -0.2) is 8.42 Å². The van der Waals surface area contributed by atoms with Crippen molar-refractivity contribution in [2.24, 2.45) is 0 Å². The number of amides is 1. The topological polar surface area (TPSA) is 54.5 Å². The van der Waals surface area contributed by atoms with Crippen LogP contribution in [0.15, 0.2) is 71.6 Å². The molecule has 166 valence electrons. The minimum atomic E-state index is -4.42. The van der Waals surface area contributed by atoms with E-state index in [0.29, 0.717) is 16.7 Å². The van der Waals surface area contributed by atoms with Gasteiger partial charge in [0.1, 0.15) is 0 Å². The van der Waals surface area contributed by atoms with Gasteiger partial charge in [-0.2, -0.15) is 13.2 Å².